The summed E-state index contributed by atoms with van der Waals surface area (Å²) in [6, 6.07) is 9.87. The Kier molecular flexibility index (Phi) is 5.97. The van der Waals surface area contributed by atoms with Crippen LogP contribution in [0.4, 0.5) is 8.78 Å². The van der Waals surface area contributed by atoms with Crippen molar-refractivity contribution in [2.45, 2.75) is 18.1 Å². The summed E-state index contributed by atoms with van der Waals surface area (Å²) in [5.41, 5.74) is 0.436. The minimum Gasteiger partial charge on any atom is -0.434 e. The fourth-order valence-corrected chi connectivity index (χ4v) is 3.37. The lowest BCUT2D eigenvalue weighted by atomic mass is 10.1. The van der Waals surface area contributed by atoms with Gasteiger partial charge >= 0.3 is 6.61 Å². The van der Waals surface area contributed by atoms with Crippen LogP contribution in [0.5, 0.6) is 5.75 Å². The summed E-state index contributed by atoms with van der Waals surface area (Å²) in [5.74, 6) is -0.626. The topological polar surface area (TPSA) is 72.5 Å². The molecule has 0 unspecified atom stereocenters. The van der Waals surface area contributed by atoms with Gasteiger partial charge in [0.25, 0.3) is 5.91 Å². The maximum Gasteiger partial charge on any atom is 0.387 e. The van der Waals surface area contributed by atoms with E-state index in [1.165, 1.54) is 30.3 Å². The van der Waals surface area contributed by atoms with E-state index >= 15 is 0 Å². The second-order valence-electron chi connectivity index (χ2n) is 5.09. The van der Waals surface area contributed by atoms with E-state index in [-0.39, 0.29) is 27.8 Å². The van der Waals surface area contributed by atoms with Crippen molar-refractivity contribution in [3.63, 3.8) is 0 Å². The predicted molar refractivity (Wildman–Crippen MR) is 88.8 cm³/mol. The summed E-state index contributed by atoms with van der Waals surface area (Å²) >= 11 is 5.83. The van der Waals surface area contributed by atoms with Gasteiger partial charge in [0, 0.05) is 23.9 Å². The lowest BCUT2D eigenvalue weighted by Crippen LogP contribution is -2.23. The van der Waals surface area contributed by atoms with Gasteiger partial charge in [0.1, 0.15) is 5.75 Å². The molecule has 2 aromatic rings. The van der Waals surface area contributed by atoms with E-state index in [1.54, 1.807) is 6.07 Å². The van der Waals surface area contributed by atoms with E-state index in [0.717, 1.165) is 12.3 Å². The van der Waals surface area contributed by atoms with Crippen molar-refractivity contribution in [2.75, 3.05) is 6.26 Å². The highest BCUT2D eigenvalue weighted by Crippen LogP contribution is 2.23. The number of alkyl halides is 2. The molecule has 0 aliphatic rings. The summed E-state index contributed by atoms with van der Waals surface area (Å²) in [7, 11) is -3.59. The standard InChI is InChI=1S/C16H14ClF2NO4S/c1-25(22,23)14-8-10(6-7-12(14)17)15(21)20-9-11-4-2-3-5-13(11)24-16(18)19/h2-8,16H,9H2,1H3,(H,20,21). The molecule has 9 heteroatoms. The number of carbonyl (C=O) groups excluding carboxylic acids is 1. The molecule has 0 aliphatic heterocycles. The second-order valence-corrected chi connectivity index (χ2v) is 7.48. The van der Waals surface area contributed by atoms with Crippen LogP contribution >= 0.6 is 11.6 Å². The molecule has 0 radical (unpaired) electrons. The van der Waals surface area contributed by atoms with Gasteiger partial charge in [0.15, 0.2) is 9.84 Å². The lowest BCUT2D eigenvalue weighted by molar-refractivity contribution is -0.0504. The van der Waals surface area contributed by atoms with Crippen molar-refractivity contribution in [2.24, 2.45) is 0 Å². The van der Waals surface area contributed by atoms with Crippen LogP contribution in [0.25, 0.3) is 0 Å². The quantitative estimate of drug-likeness (QED) is 0.823. The van der Waals surface area contributed by atoms with Gasteiger partial charge in [0.05, 0.1) is 9.92 Å². The molecule has 25 heavy (non-hydrogen) atoms. The predicted octanol–water partition coefficient (Wildman–Crippen LogP) is 3.27. The van der Waals surface area contributed by atoms with Crippen molar-refractivity contribution in [3.8, 4) is 5.75 Å². The van der Waals surface area contributed by atoms with E-state index in [1.807, 2.05) is 0 Å². The minimum absolute atomic E-state index is 0.00901. The van der Waals surface area contributed by atoms with Crippen molar-refractivity contribution in [3.05, 3.63) is 58.6 Å². The normalized spacial score (nSPS) is 11.4. The smallest absolute Gasteiger partial charge is 0.387 e. The van der Waals surface area contributed by atoms with Gasteiger partial charge < -0.3 is 10.1 Å². The van der Waals surface area contributed by atoms with Crippen LogP contribution in [0.3, 0.4) is 0 Å². The van der Waals surface area contributed by atoms with E-state index in [0.29, 0.717) is 5.56 Å². The van der Waals surface area contributed by atoms with Crippen LogP contribution in [0.1, 0.15) is 15.9 Å². The second kappa shape index (κ2) is 7.79. The molecule has 5 nitrogen and oxygen atoms in total. The van der Waals surface area contributed by atoms with Crippen molar-refractivity contribution in [1.82, 2.24) is 5.32 Å². The van der Waals surface area contributed by atoms with E-state index < -0.39 is 22.4 Å². The van der Waals surface area contributed by atoms with Crippen LogP contribution in [-0.4, -0.2) is 27.2 Å². The zero-order valence-corrected chi connectivity index (χ0v) is 14.6. The first-order valence-corrected chi connectivity index (χ1v) is 9.26. The highest BCUT2D eigenvalue weighted by atomic mass is 35.5. The molecule has 0 aliphatic carbocycles. The van der Waals surface area contributed by atoms with Crippen molar-refractivity contribution in [1.29, 1.82) is 0 Å². The van der Waals surface area contributed by atoms with Gasteiger partial charge in [-0.15, -0.1) is 0 Å². The lowest BCUT2D eigenvalue weighted by Gasteiger charge is -2.12. The number of hydrogen-bond donors (Lipinski definition) is 1. The monoisotopic (exact) mass is 389 g/mol. The molecule has 134 valence electrons. The van der Waals surface area contributed by atoms with Gasteiger partial charge in [-0.3, -0.25) is 4.79 Å². The zero-order chi connectivity index (χ0) is 18.6. The highest BCUT2D eigenvalue weighted by molar-refractivity contribution is 7.90. The number of halogens is 3. The summed E-state index contributed by atoms with van der Waals surface area (Å²) in [5, 5.41) is 2.53. The number of benzene rings is 2. The fraction of sp³-hybridized carbons (Fsp3) is 0.188. The number of sulfone groups is 1. The highest BCUT2D eigenvalue weighted by Gasteiger charge is 2.16. The number of carbonyl (C=O) groups is 1. The third kappa shape index (κ3) is 5.14. The Hall–Kier alpha value is -2.19. The number of ether oxygens (including phenoxy) is 1. The maximum absolute atomic E-state index is 12.4. The van der Waals surface area contributed by atoms with Gasteiger partial charge in [-0.25, -0.2) is 8.42 Å². The first-order chi connectivity index (χ1) is 11.7. The molecule has 1 N–H and O–H groups in total. The third-order valence-corrected chi connectivity index (χ3v) is 4.80. The molecular weight excluding hydrogens is 376 g/mol. The number of hydrogen-bond acceptors (Lipinski definition) is 4. The van der Waals surface area contributed by atoms with Crippen LogP contribution in [0.2, 0.25) is 5.02 Å². The van der Waals surface area contributed by atoms with E-state index in [2.05, 4.69) is 10.1 Å². The molecule has 0 saturated carbocycles. The summed E-state index contributed by atoms with van der Waals surface area (Å²) in [6.07, 6.45) is 0.980. The van der Waals surface area contributed by atoms with Crippen LogP contribution in [0.15, 0.2) is 47.4 Å². The Morgan fingerprint density at radius 3 is 2.56 bits per heavy atom. The molecule has 0 fully saturated rings. The van der Waals surface area contributed by atoms with E-state index in [9.17, 15) is 22.0 Å². The first kappa shape index (κ1) is 19.1. The molecule has 0 saturated heterocycles. The fourth-order valence-electron chi connectivity index (χ4n) is 2.07. The molecule has 0 aromatic heterocycles. The van der Waals surface area contributed by atoms with Gasteiger partial charge in [-0.05, 0) is 24.3 Å². The summed E-state index contributed by atoms with van der Waals surface area (Å²) < 4.78 is 52.4. The Bertz CT molecular complexity index is 887. The van der Waals surface area contributed by atoms with Crippen molar-refractivity contribution >= 4 is 27.3 Å². The van der Waals surface area contributed by atoms with Gasteiger partial charge in [-0.2, -0.15) is 8.78 Å². The maximum atomic E-state index is 12.4. The zero-order valence-electron chi connectivity index (χ0n) is 13.0. The van der Waals surface area contributed by atoms with Gasteiger partial charge in [-0.1, -0.05) is 29.8 Å². The van der Waals surface area contributed by atoms with Gasteiger partial charge in [0.2, 0.25) is 0 Å². The molecule has 0 bridgehead atoms. The molecule has 0 atom stereocenters. The minimum atomic E-state index is -3.59. The van der Waals surface area contributed by atoms with Crippen LogP contribution < -0.4 is 10.1 Å². The molecule has 0 spiro atoms. The summed E-state index contributed by atoms with van der Waals surface area (Å²) in [4.78, 5) is 12.0. The Morgan fingerprint density at radius 2 is 1.92 bits per heavy atom. The summed E-state index contributed by atoms with van der Waals surface area (Å²) in [6.45, 7) is -3.05. The molecule has 2 rings (SSSR count). The number of rotatable bonds is 6. The average Bonchev–Trinajstić information content (AvgIpc) is 2.52. The van der Waals surface area contributed by atoms with Crippen LogP contribution in [0, 0.1) is 0 Å². The number of amides is 1. The largest absolute Gasteiger partial charge is 0.434 e. The average molecular weight is 390 g/mol. The molecule has 2 aromatic carbocycles. The van der Waals surface area contributed by atoms with Crippen molar-refractivity contribution < 1.29 is 26.7 Å². The van der Waals surface area contributed by atoms with E-state index in [4.69, 9.17) is 11.6 Å². The molecular formula is C16H14ClF2NO4S. The first-order valence-electron chi connectivity index (χ1n) is 6.99. The molecule has 0 heterocycles. The Balaban J connectivity index is 2.17. The SMILES string of the molecule is CS(=O)(=O)c1cc(C(=O)NCc2ccccc2OC(F)F)ccc1Cl. The molecule has 1 amide bonds. The third-order valence-electron chi connectivity index (χ3n) is 3.22. The number of nitrogens with one attached hydrogen (secondary N) is 1. The van der Waals surface area contributed by atoms with Crippen LogP contribution in [-0.2, 0) is 16.4 Å². The number of para-hydroxylation sites is 1. The Morgan fingerprint density at radius 1 is 1.24 bits per heavy atom. The Labute approximate surface area is 148 Å².